The third kappa shape index (κ3) is 3.48. The van der Waals surface area contributed by atoms with Crippen LogP contribution in [0.25, 0.3) is 0 Å². The van der Waals surface area contributed by atoms with Crippen molar-refractivity contribution >= 4 is 5.91 Å². The SMILES string of the molecule is CCn1cnnc1CCNC(=O)C(C)(C)c1ccccc1. The molecule has 1 aromatic carbocycles. The summed E-state index contributed by atoms with van der Waals surface area (Å²) >= 11 is 0. The fourth-order valence-electron chi connectivity index (χ4n) is 2.23. The Hall–Kier alpha value is -2.17. The first-order chi connectivity index (χ1) is 10.1. The Morgan fingerprint density at radius 3 is 2.67 bits per heavy atom. The zero-order chi connectivity index (χ0) is 15.3. The summed E-state index contributed by atoms with van der Waals surface area (Å²) < 4.78 is 1.98. The van der Waals surface area contributed by atoms with Gasteiger partial charge in [-0.2, -0.15) is 0 Å². The fraction of sp³-hybridized carbons (Fsp3) is 0.438. The van der Waals surface area contributed by atoms with Gasteiger partial charge in [-0.1, -0.05) is 30.3 Å². The van der Waals surface area contributed by atoms with Crippen LogP contribution in [0.5, 0.6) is 0 Å². The van der Waals surface area contributed by atoms with Gasteiger partial charge in [-0.3, -0.25) is 4.79 Å². The van der Waals surface area contributed by atoms with E-state index in [1.807, 2.05) is 55.7 Å². The van der Waals surface area contributed by atoms with Crippen LogP contribution in [0.4, 0.5) is 0 Å². The van der Waals surface area contributed by atoms with Gasteiger partial charge < -0.3 is 9.88 Å². The normalized spacial score (nSPS) is 11.4. The maximum absolute atomic E-state index is 12.4. The maximum atomic E-state index is 12.4. The number of benzene rings is 1. The van der Waals surface area contributed by atoms with Crippen molar-refractivity contribution in [2.45, 2.75) is 39.2 Å². The summed E-state index contributed by atoms with van der Waals surface area (Å²) in [7, 11) is 0. The summed E-state index contributed by atoms with van der Waals surface area (Å²) in [6, 6.07) is 9.82. The number of nitrogens with one attached hydrogen (secondary N) is 1. The molecule has 0 saturated heterocycles. The second-order valence-corrected chi connectivity index (χ2v) is 5.53. The van der Waals surface area contributed by atoms with Gasteiger partial charge in [0.15, 0.2) is 0 Å². The van der Waals surface area contributed by atoms with Gasteiger partial charge in [0, 0.05) is 19.5 Å². The van der Waals surface area contributed by atoms with Crippen molar-refractivity contribution in [3.63, 3.8) is 0 Å². The summed E-state index contributed by atoms with van der Waals surface area (Å²) in [5.41, 5.74) is 0.471. The average molecular weight is 286 g/mol. The first kappa shape index (κ1) is 15.2. The molecule has 0 aliphatic carbocycles. The molecule has 21 heavy (non-hydrogen) atoms. The Kier molecular flexibility index (Phi) is 4.73. The quantitative estimate of drug-likeness (QED) is 0.882. The largest absolute Gasteiger partial charge is 0.355 e. The van der Waals surface area contributed by atoms with Crippen LogP contribution in [0, 0.1) is 0 Å². The Balaban J connectivity index is 1.93. The molecule has 5 heteroatoms. The molecule has 0 atom stereocenters. The van der Waals surface area contributed by atoms with Crippen LogP contribution < -0.4 is 5.32 Å². The lowest BCUT2D eigenvalue weighted by Gasteiger charge is -2.24. The Morgan fingerprint density at radius 1 is 1.29 bits per heavy atom. The van der Waals surface area contributed by atoms with Gasteiger partial charge in [-0.05, 0) is 26.3 Å². The molecule has 0 fully saturated rings. The molecule has 1 aromatic heterocycles. The molecule has 112 valence electrons. The molecular weight excluding hydrogens is 264 g/mol. The van der Waals surface area contributed by atoms with Crippen molar-refractivity contribution < 1.29 is 4.79 Å². The van der Waals surface area contributed by atoms with Crippen LogP contribution in [0.1, 0.15) is 32.2 Å². The molecule has 0 bridgehead atoms. The summed E-state index contributed by atoms with van der Waals surface area (Å²) in [6.45, 7) is 7.32. The van der Waals surface area contributed by atoms with Gasteiger partial charge in [0.25, 0.3) is 0 Å². The molecule has 0 aliphatic heterocycles. The highest BCUT2D eigenvalue weighted by Gasteiger charge is 2.29. The van der Waals surface area contributed by atoms with E-state index in [2.05, 4.69) is 15.5 Å². The number of hydrogen-bond donors (Lipinski definition) is 1. The van der Waals surface area contributed by atoms with E-state index in [1.165, 1.54) is 0 Å². The number of carbonyl (C=O) groups is 1. The summed E-state index contributed by atoms with van der Waals surface area (Å²) in [6.07, 6.45) is 2.40. The average Bonchev–Trinajstić information content (AvgIpc) is 2.95. The van der Waals surface area contributed by atoms with Crippen molar-refractivity contribution in [2.75, 3.05) is 6.54 Å². The zero-order valence-corrected chi connectivity index (χ0v) is 12.8. The Bertz CT molecular complexity index is 589. The molecule has 0 aliphatic rings. The van der Waals surface area contributed by atoms with Gasteiger partial charge in [-0.25, -0.2) is 0 Å². The minimum atomic E-state index is -0.542. The molecule has 1 heterocycles. The number of hydrogen-bond acceptors (Lipinski definition) is 3. The first-order valence-electron chi connectivity index (χ1n) is 7.26. The van der Waals surface area contributed by atoms with Gasteiger partial charge in [-0.15, -0.1) is 10.2 Å². The Morgan fingerprint density at radius 2 is 2.00 bits per heavy atom. The van der Waals surface area contributed by atoms with E-state index in [4.69, 9.17) is 0 Å². The second kappa shape index (κ2) is 6.52. The zero-order valence-electron chi connectivity index (χ0n) is 12.8. The molecule has 1 amide bonds. The van der Waals surface area contributed by atoms with Gasteiger partial charge in [0.1, 0.15) is 12.2 Å². The Labute approximate surface area is 125 Å². The van der Waals surface area contributed by atoms with Gasteiger partial charge in [0.05, 0.1) is 5.41 Å². The number of rotatable bonds is 6. The van der Waals surface area contributed by atoms with Gasteiger partial charge in [0.2, 0.25) is 5.91 Å². The number of aromatic nitrogens is 3. The van der Waals surface area contributed by atoms with Crippen LogP contribution in [-0.4, -0.2) is 27.2 Å². The van der Waals surface area contributed by atoms with Crippen molar-refractivity contribution in [3.05, 3.63) is 48.0 Å². The van der Waals surface area contributed by atoms with E-state index in [0.717, 1.165) is 17.9 Å². The summed E-state index contributed by atoms with van der Waals surface area (Å²) in [5.74, 6) is 0.923. The highest BCUT2D eigenvalue weighted by atomic mass is 16.2. The number of amides is 1. The van der Waals surface area contributed by atoms with Crippen LogP contribution in [0.3, 0.4) is 0 Å². The van der Waals surface area contributed by atoms with Crippen molar-refractivity contribution in [3.8, 4) is 0 Å². The van der Waals surface area contributed by atoms with Crippen molar-refractivity contribution in [2.24, 2.45) is 0 Å². The highest BCUT2D eigenvalue weighted by molar-refractivity contribution is 5.87. The van der Waals surface area contributed by atoms with Crippen molar-refractivity contribution in [1.29, 1.82) is 0 Å². The van der Waals surface area contributed by atoms with E-state index < -0.39 is 5.41 Å². The highest BCUT2D eigenvalue weighted by Crippen LogP contribution is 2.22. The standard InChI is InChI=1S/C16H22N4O/c1-4-20-12-18-19-14(20)10-11-17-15(21)16(2,3)13-8-6-5-7-9-13/h5-9,12H,4,10-11H2,1-3H3,(H,17,21). The molecule has 5 nitrogen and oxygen atoms in total. The summed E-state index contributed by atoms with van der Waals surface area (Å²) in [5, 5.41) is 10.9. The third-order valence-electron chi connectivity index (χ3n) is 3.73. The molecule has 2 aromatic rings. The predicted octanol–water partition coefficient (Wildman–Crippen LogP) is 1.93. The molecule has 0 spiro atoms. The topological polar surface area (TPSA) is 59.8 Å². The monoisotopic (exact) mass is 286 g/mol. The van der Waals surface area contributed by atoms with Crippen LogP contribution in [0.2, 0.25) is 0 Å². The van der Waals surface area contributed by atoms with E-state index in [0.29, 0.717) is 13.0 Å². The minimum absolute atomic E-state index is 0.0243. The lowest BCUT2D eigenvalue weighted by atomic mass is 9.84. The van der Waals surface area contributed by atoms with E-state index >= 15 is 0 Å². The van der Waals surface area contributed by atoms with Crippen LogP contribution >= 0.6 is 0 Å². The number of aryl methyl sites for hydroxylation is 1. The second-order valence-electron chi connectivity index (χ2n) is 5.53. The lowest BCUT2D eigenvalue weighted by Crippen LogP contribution is -2.41. The minimum Gasteiger partial charge on any atom is -0.355 e. The number of nitrogens with zero attached hydrogens (tertiary/aromatic N) is 3. The molecular formula is C16H22N4O. The third-order valence-corrected chi connectivity index (χ3v) is 3.73. The van der Waals surface area contributed by atoms with Crippen LogP contribution in [-0.2, 0) is 23.2 Å². The maximum Gasteiger partial charge on any atom is 0.230 e. The number of carbonyl (C=O) groups excluding carboxylic acids is 1. The molecule has 0 saturated carbocycles. The molecule has 1 N–H and O–H groups in total. The van der Waals surface area contributed by atoms with Crippen molar-refractivity contribution in [1.82, 2.24) is 20.1 Å². The molecule has 0 radical (unpaired) electrons. The van der Waals surface area contributed by atoms with Crippen LogP contribution in [0.15, 0.2) is 36.7 Å². The fourth-order valence-corrected chi connectivity index (χ4v) is 2.23. The van der Waals surface area contributed by atoms with E-state index in [1.54, 1.807) is 6.33 Å². The predicted molar refractivity (Wildman–Crippen MR) is 81.9 cm³/mol. The molecule has 2 rings (SSSR count). The molecule has 0 unspecified atom stereocenters. The van der Waals surface area contributed by atoms with E-state index in [9.17, 15) is 4.79 Å². The smallest absolute Gasteiger partial charge is 0.230 e. The van der Waals surface area contributed by atoms with E-state index in [-0.39, 0.29) is 5.91 Å². The van der Waals surface area contributed by atoms with Gasteiger partial charge >= 0.3 is 0 Å². The first-order valence-corrected chi connectivity index (χ1v) is 7.26. The summed E-state index contributed by atoms with van der Waals surface area (Å²) in [4.78, 5) is 12.4. The lowest BCUT2D eigenvalue weighted by molar-refractivity contribution is -0.125.